The van der Waals surface area contributed by atoms with Gasteiger partial charge >= 0.3 is 0 Å². The van der Waals surface area contributed by atoms with Crippen LogP contribution in [0.1, 0.15) is 46.3 Å². The molecule has 7 nitrogen and oxygen atoms in total. The number of sulfonamides is 1. The van der Waals surface area contributed by atoms with Gasteiger partial charge in [-0.3, -0.25) is 4.79 Å². The third kappa shape index (κ3) is 4.47. The summed E-state index contributed by atoms with van der Waals surface area (Å²) in [7, 11) is -3.59. The fourth-order valence-corrected chi connectivity index (χ4v) is 7.05. The second-order valence-corrected chi connectivity index (χ2v) is 12.6. The lowest BCUT2D eigenvalue weighted by atomic mass is 10.0. The van der Waals surface area contributed by atoms with Crippen LogP contribution in [-0.4, -0.2) is 59.5 Å². The molecule has 0 N–H and O–H groups in total. The van der Waals surface area contributed by atoms with Gasteiger partial charge < -0.3 is 4.90 Å². The maximum absolute atomic E-state index is 13.3. The van der Waals surface area contributed by atoms with Gasteiger partial charge in [-0.05, 0) is 55.7 Å². The van der Waals surface area contributed by atoms with E-state index in [1.807, 2.05) is 61.0 Å². The van der Waals surface area contributed by atoms with E-state index in [9.17, 15) is 13.2 Å². The Kier molecular flexibility index (Phi) is 6.48. The second kappa shape index (κ2) is 9.46. The summed E-state index contributed by atoms with van der Waals surface area (Å²) >= 11 is 1.43. The lowest BCUT2D eigenvalue weighted by Crippen LogP contribution is -2.50. The predicted molar refractivity (Wildman–Crippen MR) is 144 cm³/mol. The van der Waals surface area contributed by atoms with E-state index in [0.29, 0.717) is 28.8 Å². The topological polar surface area (TPSA) is 75.5 Å². The molecule has 0 radical (unpaired) electrons. The number of aromatic nitrogens is 2. The molecule has 3 heterocycles. The quantitative estimate of drug-likeness (QED) is 0.371. The molecule has 1 fully saturated rings. The minimum atomic E-state index is -3.59. The Bertz CT molecular complexity index is 1510. The fourth-order valence-electron chi connectivity index (χ4n) is 4.47. The van der Waals surface area contributed by atoms with E-state index in [-0.39, 0.29) is 19.0 Å². The monoisotopic (exact) mass is 522 g/mol. The van der Waals surface area contributed by atoms with E-state index < -0.39 is 10.0 Å². The molecule has 1 amide bonds. The lowest BCUT2D eigenvalue weighted by molar-refractivity contribution is 0.0703. The van der Waals surface area contributed by atoms with Crippen LogP contribution >= 0.6 is 11.3 Å². The summed E-state index contributed by atoms with van der Waals surface area (Å²) in [6, 6.07) is 17.2. The molecule has 0 bridgehead atoms. The van der Waals surface area contributed by atoms with Crippen molar-refractivity contribution >= 4 is 37.5 Å². The van der Waals surface area contributed by atoms with Crippen molar-refractivity contribution in [2.45, 2.75) is 38.5 Å². The number of hydrogen-bond donors (Lipinski definition) is 0. The highest BCUT2D eigenvalue weighted by molar-refractivity contribution is 7.89. The summed E-state index contributed by atoms with van der Waals surface area (Å²) in [5, 5.41) is 5.64. The Morgan fingerprint density at radius 1 is 0.944 bits per heavy atom. The van der Waals surface area contributed by atoms with Crippen LogP contribution in [0.4, 0.5) is 0 Å². The number of carbonyl (C=O) groups is 1. The summed E-state index contributed by atoms with van der Waals surface area (Å²) in [6.45, 7) is 9.43. The lowest BCUT2D eigenvalue weighted by Gasteiger charge is -2.33. The van der Waals surface area contributed by atoms with Crippen molar-refractivity contribution in [1.82, 2.24) is 19.0 Å². The second-order valence-electron chi connectivity index (χ2n) is 9.58. The normalized spacial score (nSPS) is 15.2. The number of thiophene rings is 1. The third-order valence-electron chi connectivity index (χ3n) is 6.74. The SMILES string of the molecule is Cc1ccc(-n2nc(C)c3cc(C(=O)N4CCN(S(=O)(=O)c5ccc(C(C)C)cc5)CC4)sc32)cc1. The maximum Gasteiger partial charge on any atom is 0.264 e. The summed E-state index contributed by atoms with van der Waals surface area (Å²) < 4.78 is 29.7. The predicted octanol–water partition coefficient (Wildman–Crippen LogP) is 4.97. The summed E-state index contributed by atoms with van der Waals surface area (Å²) in [5.41, 5.74) is 4.11. The molecule has 36 heavy (non-hydrogen) atoms. The molecule has 1 aliphatic rings. The number of benzene rings is 2. The van der Waals surface area contributed by atoms with E-state index >= 15 is 0 Å². The molecule has 2 aromatic heterocycles. The van der Waals surface area contributed by atoms with Gasteiger partial charge in [-0.25, -0.2) is 13.1 Å². The number of nitrogens with zero attached hydrogens (tertiary/aromatic N) is 4. The van der Waals surface area contributed by atoms with Gasteiger partial charge in [-0.15, -0.1) is 11.3 Å². The van der Waals surface area contributed by atoms with Crippen molar-refractivity contribution in [3.63, 3.8) is 0 Å². The number of amides is 1. The van der Waals surface area contributed by atoms with E-state index in [0.717, 1.165) is 27.2 Å². The average molecular weight is 523 g/mol. The van der Waals surface area contributed by atoms with Gasteiger partial charge in [0.2, 0.25) is 10.0 Å². The van der Waals surface area contributed by atoms with Gasteiger partial charge in [0.05, 0.1) is 21.2 Å². The number of hydrogen-bond acceptors (Lipinski definition) is 5. The molecule has 9 heteroatoms. The molecule has 0 saturated carbocycles. The van der Waals surface area contributed by atoms with Gasteiger partial charge in [0, 0.05) is 31.6 Å². The summed E-state index contributed by atoms with van der Waals surface area (Å²) in [6.07, 6.45) is 0. The Labute approximate surface area is 216 Å². The molecule has 2 aromatic carbocycles. The first kappa shape index (κ1) is 24.7. The molecule has 0 aliphatic carbocycles. The average Bonchev–Trinajstić information content (AvgIpc) is 3.45. The van der Waals surface area contributed by atoms with Crippen LogP contribution < -0.4 is 0 Å². The number of fused-ring (bicyclic) bond motifs is 1. The third-order valence-corrected chi connectivity index (χ3v) is 9.76. The minimum absolute atomic E-state index is 0.0654. The number of rotatable bonds is 5. The van der Waals surface area contributed by atoms with Gasteiger partial charge in [0.15, 0.2) is 0 Å². The highest BCUT2D eigenvalue weighted by Gasteiger charge is 2.31. The molecule has 5 rings (SSSR count). The maximum atomic E-state index is 13.3. The van der Waals surface area contributed by atoms with Gasteiger partial charge in [-0.1, -0.05) is 43.7 Å². The van der Waals surface area contributed by atoms with Crippen LogP contribution in [0.25, 0.3) is 15.9 Å². The van der Waals surface area contributed by atoms with Crippen molar-refractivity contribution in [2.75, 3.05) is 26.2 Å². The highest BCUT2D eigenvalue weighted by Crippen LogP contribution is 2.31. The van der Waals surface area contributed by atoms with Crippen molar-refractivity contribution in [3.8, 4) is 5.69 Å². The molecule has 1 aliphatic heterocycles. The number of carbonyl (C=O) groups excluding carboxylic acids is 1. The Balaban J connectivity index is 1.31. The van der Waals surface area contributed by atoms with Gasteiger partial charge in [0.1, 0.15) is 4.83 Å². The molecule has 0 unspecified atom stereocenters. The van der Waals surface area contributed by atoms with Crippen molar-refractivity contribution in [3.05, 3.63) is 76.3 Å². The molecule has 188 valence electrons. The minimum Gasteiger partial charge on any atom is -0.335 e. The van der Waals surface area contributed by atoms with Crippen molar-refractivity contribution in [1.29, 1.82) is 0 Å². The Hall–Kier alpha value is -3.01. The van der Waals surface area contributed by atoms with Crippen LogP contribution in [0.5, 0.6) is 0 Å². The first-order valence-electron chi connectivity index (χ1n) is 12.1. The van der Waals surface area contributed by atoms with Crippen molar-refractivity contribution in [2.24, 2.45) is 0 Å². The van der Waals surface area contributed by atoms with E-state index in [4.69, 9.17) is 0 Å². The summed E-state index contributed by atoms with van der Waals surface area (Å²) in [5.74, 6) is 0.276. The van der Waals surface area contributed by atoms with E-state index in [1.54, 1.807) is 17.0 Å². The fraction of sp³-hybridized carbons (Fsp3) is 0.333. The smallest absolute Gasteiger partial charge is 0.264 e. The largest absolute Gasteiger partial charge is 0.335 e. The molecule has 0 atom stereocenters. The van der Waals surface area contributed by atoms with Crippen LogP contribution in [0.2, 0.25) is 0 Å². The zero-order chi connectivity index (χ0) is 25.6. The van der Waals surface area contributed by atoms with Crippen LogP contribution in [0.15, 0.2) is 59.5 Å². The molecule has 1 saturated heterocycles. The highest BCUT2D eigenvalue weighted by atomic mass is 32.2. The number of piperazine rings is 1. The van der Waals surface area contributed by atoms with Crippen molar-refractivity contribution < 1.29 is 13.2 Å². The Morgan fingerprint density at radius 2 is 1.58 bits per heavy atom. The van der Waals surface area contributed by atoms with Gasteiger partial charge in [-0.2, -0.15) is 9.40 Å². The first-order valence-corrected chi connectivity index (χ1v) is 14.4. The molecule has 0 spiro atoms. The molecule has 4 aromatic rings. The summed E-state index contributed by atoms with van der Waals surface area (Å²) in [4.78, 5) is 17.0. The van der Waals surface area contributed by atoms with Crippen LogP contribution in [0.3, 0.4) is 0 Å². The first-order chi connectivity index (χ1) is 17.1. The van der Waals surface area contributed by atoms with Crippen LogP contribution in [-0.2, 0) is 10.0 Å². The van der Waals surface area contributed by atoms with Crippen LogP contribution in [0, 0.1) is 13.8 Å². The van der Waals surface area contributed by atoms with Gasteiger partial charge in [0.25, 0.3) is 5.91 Å². The van der Waals surface area contributed by atoms with E-state index in [1.165, 1.54) is 21.2 Å². The standard InChI is InChI=1S/C27H30N4O3S2/c1-18(2)21-7-11-23(12-8-21)36(33,34)30-15-13-29(14-16-30)26(32)25-17-24-20(4)28-31(27(24)35-25)22-9-5-19(3)6-10-22/h5-12,17-18H,13-16H2,1-4H3. The van der Waals surface area contributed by atoms with E-state index in [2.05, 4.69) is 18.9 Å². The molecular weight excluding hydrogens is 492 g/mol. The zero-order valence-corrected chi connectivity index (χ0v) is 22.6. The molecular formula is C27H30N4O3S2. The zero-order valence-electron chi connectivity index (χ0n) is 20.9. The Morgan fingerprint density at radius 3 is 2.19 bits per heavy atom. The number of aryl methyl sites for hydroxylation is 2.